The predicted molar refractivity (Wildman–Crippen MR) is 71.9 cm³/mol. The van der Waals surface area contributed by atoms with Crippen molar-refractivity contribution in [2.45, 2.75) is 6.92 Å². The van der Waals surface area contributed by atoms with Crippen molar-refractivity contribution >= 4 is 17.7 Å². The van der Waals surface area contributed by atoms with Crippen LogP contribution in [-0.4, -0.2) is 26.1 Å². The van der Waals surface area contributed by atoms with Gasteiger partial charge in [-0.25, -0.2) is 4.98 Å². The Morgan fingerprint density at radius 2 is 1.52 bits per heavy atom. The smallest absolute Gasteiger partial charge is 0.296 e. The molecule has 9 heteroatoms. The fourth-order valence-corrected chi connectivity index (χ4v) is 1.32. The first-order chi connectivity index (χ1) is 9.97. The Hall–Kier alpha value is -3.23. The minimum absolute atomic E-state index is 0.0718. The first kappa shape index (κ1) is 15.8. The Balaban J connectivity index is 0.000000211. The second kappa shape index (κ2) is 7.38. The zero-order chi connectivity index (χ0) is 15.8. The zero-order valence-electron chi connectivity index (χ0n) is 10.9. The molecule has 0 aliphatic carbocycles. The Bertz CT molecular complexity index is 674. The Morgan fingerprint density at radius 1 is 1.00 bits per heavy atom. The van der Waals surface area contributed by atoms with Gasteiger partial charge in [-0.05, 0) is 19.1 Å². The molecule has 21 heavy (non-hydrogen) atoms. The van der Waals surface area contributed by atoms with Crippen molar-refractivity contribution in [1.29, 1.82) is 0 Å². The fourth-order valence-electron chi connectivity index (χ4n) is 1.32. The van der Waals surface area contributed by atoms with Crippen LogP contribution >= 0.6 is 0 Å². The average Bonchev–Trinajstić information content (AvgIpc) is 2.48. The minimum atomic E-state index is -0.642. The summed E-state index contributed by atoms with van der Waals surface area (Å²) in [6.07, 6.45) is 3.22. The SMILES string of the molecule is Cc1ncccc1[N+](=O)[O-].O=Cc1ncccc1[N+](=O)[O-]. The molecule has 0 unspecified atom stereocenters. The van der Waals surface area contributed by atoms with Crippen molar-refractivity contribution < 1.29 is 14.6 Å². The van der Waals surface area contributed by atoms with Gasteiger partial charge in [-0.3, -0.25) is 30.0 Å². The monoisotopic (exact) mass is 290 g/mol. The van der Waals surface area contributed by atoms with E-state index in [0.29, 0.717) is 12.0 Å². The van der Waals surface area contributed by atoms with Crippen LogP contribution in [0, 0.1) is 27.2 Å². The van der Waals surface area contributed by atoms with E-state index in [1.54, 1.807) is 13.0 Å². The van der Waals surface area contributed by atoms with Crippen molar-refractivity contribution in [3.05, 3.63) is 68.3 Å². The van der Waals surface area contributed by atoms with Gasteiger partial charge in [0.05, 0.1) is 9.85 Å². The third-order valence-electron chi connectivity index (χ3n) is 2.30. The van der Waals surface area contributed by atoms with Crippen LogP contribution in [0.25, 0.3) is 0 Å². The van der Waals surface area contributed by atoms with Crippen LogP contribution in [0.5, 0.6) is 0 Å². The van der Waals surface area contributed by atoms with Crippen molar-refractivity contribution in [3.63, 3.8) is 0 Å². The van der Waals surface area contributed by atoms with E-state index in [9.17, 15) is 25.0 Å². The number of hydrogen-bond acceptors (Lipinski definition) is 7. The molecule has 2 aromatic heterocycles. The highest BCUT2D eigenvalue weighted by Gasteiger charge is 2.11. The second-order valence-corrected chi connectivity index (χ2v) is 3.65. The zero-order valence-corrected chi connectivity index (χ0v) is 10.9. The summed E-state index contributed by atoms with van der Waals surface area (Å²) < 4.78 is 0. The van der Waals surface area contributed by atoms with E-state index in [0.717, 1.165) is 0 Å². The normalized spacial score (nSPS) is 9.19. The van der Waals surface area contributed by atoms with E-state index in [1.807, 2.05) is 0 Å². The molecule has 0 saturated carbocycles. The van der Waals surface area contributed by atoms with Crippen LogP contribution in [0.2, 0.25) is 0 Å². The predicted octanol–water partition coefficient (Wildman–Crippen LogP) is 2.10. The lowest BCUT2D eigenvalue weighted by atomic mass is 10.3. The Morgan fingerprint density at radius 3 is 1.90 bits per heavy atom. The van der Waals surface area contributed by atoms with Crippen LogP contribution in [-0.2, 0) is 0 Å². The third-order valence-corrected chi connectivity index (χ3v) is 2.30. The molecule has 108 valence electrons. The molecule has 0 radical (unpaired) electrons. The van der Waals surface area contributed by atoms with Crippen LogP contribution < -0.4 is 0 Å². The lowest BCUT2D eigenvalue weighted by Gasteiger charge is -1.91. The van der Waals surface area contributed by atoms with E-state index >= 15 is 0 Å². The fraction of sp³-hybridized carbons (Fsp3) is 0.0833. The number of carbonyl (C=O) groups excluding carboxylic acids is 1. The summed E-state index contributed by atoms with van der Waals surface area (Å²) in [6, 6.07) is 5.62. The summed E-state index contributed by atoms with van der Waals surface area (Å²) in [5.74, 6) is 0. The molecular formula is C12H10N4O5. The van der Waals surface area contributed by atoms with Crippen molar-refractivity contribution in [1.82, 2.24) is 9.97 Å². The molecule has 2 rings (SSSR count). The number of aldehydes is 1. The van der Waals surface area contributed by atoms with Gasteiger partial charge in [-0.15, -0.1) is 0 Å². The molecular weight excluding hydrogens is 280 g/mol. The maximum Gasteiger partial charge on any atom is 0.298 e. The molecule has 0 saturated heterocycles. The van der Waals surface area contributed by atoms with Gasteiger partial charge >= 0.3 is 0 Å². The summed E-state index contributed by atoms with van der Waals surface area (Å²) in [7, 11) is 0. The molecule has 2 heterocycles. The van der Waals surface area contributed by atoms with Gasteiger partial charge < -0.3 is 0 Å². The number of aryl methyl sites for hydroxylation is 1. The number of aromatic nitrogens is 2. The number of carbonyl (C=O) groups is 1. The van der Waals surface area contributed by atoms with Gasteiger partial charge in [0, 0.05) is 24.5 Å². The van der Waals surface area contributed by atoms with E-state index in [-0.39, 0.29) is 17.1 Å². The molecule has 0 fully saturated rings. The highest BCUT2D eigenvalue weighted by molar-refractivity contribution is 5.77. The maximum atomic E-state index is 10.2. The lowest BCUT2D eigenvalue weighted by Crippen LogP contribution is -1.95. The lowest BCUT2D eigenvalue weighted by molar-refractivity contribution is -0.385. The average molecular weight is 290 g/mol. The molecule has 0 aromatic carbocycles. The van der Waals surface area contributed by atoms with E-state index in [1.165, 1.54) is 30.6 Å². The Kier molecular flexibility index (Phi) is 5.56. The molecule has 0 bridgehead atoms. The minimum Gasteiger partial charge on any atom is -0.296 e. The van der Waals surface area contributed by atoms with E-state index in [4.69, 9.17) is 0 Å². The Labute approximate surface area is 118 Å². The second-order valence-electron chi connectivity index (χ2n) is 3.65. The summed E-state index contributed by atoms with van der Waals surface area (Å²) in [4.78, 5) is 36.7. The first-order valence-electron chi connectivity index (χ1n) is 5.58. The summed E-state index contributed by atoms with van der Waals surface area (Å²) in [5.41, 5.74) is 0.120. The van der Waals surface area contributed by atoms with Crippen LogP contribution in [0.4, 0.5) is 11.4 Å². The van der Waals surface area contributed by atoms with Gasteiger partial charge in [-0.2, -0.15) is 0 Å². The van der Waals surface area contributed by atoms with Crippen LogP contribution in [0.3, 0.4) is 0 Å². The number of hydrogen-bond donors (Lipinski definition) is 0. The standard InChI is InChI=1S/C6H4N2O3.C6H6N2O2/c9-4-5-6(8(10)11)2-1-3-7-5;1-5-6(8(9)10)3-2-4-7-5/h1-4H;2-4H,1H3. The molecule has 2 aromatic rings. The third kappa shape index (κ3) is 4.42. The number of nitro groups is 2. The van der Waals surface area contributed by atoms with Gasteiger partial charge in [0.1, 0.15) is 5.69 Å². The molecule has 9 nitrogen and oxygen atoms in total. The molecule has 0 spiro atoms. The molecule has 0 aliphatic heterocycles. The molecule has 0 amide bonds. The van der Waals surface area contributed by atoms with Crippen molar-refractivity contribution in [2.24, 2.45) is 0 Å². The molecule has 0 aliphatic rings. The van der Waals surface area contributed by atoms with Crippen molar-refractivity contribution in [2.75, 3.05) is 0 Å². The van der Waals surface area contributed by atoms with Crippen molar-refractivity contribution in [3.8, 4) is 0 Å². The van der Waals surface area contributed by atoms with Gasteiger partial charge in [0.2, 0.25) is 0 Å². The number of pyridine rings is 2. The number of nitrogens with zero attached hydrogens (tertiary/aromatic N) is 4. The highest BCUT2D eigenvalue weighted by Crippen LogP contribution is 2.12. The van der Waals surface area contributed by atoms with Crippen LogP contribution in [0.1, 0.15) is 16.2 Å². The topological polar surface area (TPSA) is 129 Å². The van der Waals surface area contributed by atoms with Gasteiger partial charge in [-0.1, -0.05) is 0 Å². The molecule has 0 N–H and O–H groups in total. The summed E-state index contributed by atoms with van der Waals surface area (Å²) >= 11 is 0. The highest BCUT2D eigenvalue weighted by atomic mass is 16.6. The summed E-state index contributed by atoms with van der Waals surface area (Å²) in [6.45, 7) is 1.61. The maximum absolute atomic E-state index is 10.2. The van der Waals surface area contributed by atoms with Crippen LogP contribution in [0.15, 0.2) is 36.7 Å². The largest absolute Gasteiger partial charge is 0.298 e. The summed E-state index contributed by atoms with van der Waals surface area (Å²) in [5, 5.41) is 20.4. The number of rotatable bonds is 3. The van der Waals surface area contributed by atoms with Gasteiger partial charge in [0.15, 0.2) is 12.0 Å². The van der Waals surface area contributed by atoms with Gasteiger partial charge in [0.25, 0.3) is 11.4 Å². The van der Waals surface area contributed by atoms with E-state index in [2.05, 4.69) is 9.97 Å². The molecule has 0 atom stereocenters. The van der Waals surface area contributed by atoms with E-state index < -0.39 is 9.85 Å². The quantitative estimate of drug-likeness (QED) is 0.480. The first-order valence-corrected chi connectivity index (χ1v) is 5.58.